The van der Waals surface area contributed by atoms with Crippen LogP contribution in [0.25, 0.3) is 0 Å². The SMILES string of the molecule is CC(C)n1cc(C(=O)Nc2ccc(Cc3cccc(Cl)c3)cn2)ccc1=O. The first kappa shape index (κ1) is 18.9. The Balaban J connectivity index is 1.70. The van der Waals surface area contributed by atoms with Gasteiger partial charge in [-0.25, -0.2) is 4.98 Å². The standard InChI is InChI=1S/C21H20ClN3O2/c1-14(2)25-13-17(7-9-20(25)26)21(27)24-19-8-6-16(12-23-19)10-15-4-3-5-18(22)11-15/h3-9,11-14H,10H2,1-2H3,(H,23,24,27). The number of nitrogens with one attached hydrogen (secondary N) is 1. The molecule has 2 aromatic heterocycles. The molecule has 27 heavy (non-hydrogen) atoms. The van der Waals surface area contributed by atoms with Crippen LogP contribution in [0.5, 0.6) is 0 Å². The zero-order valence-corrected chi connectivity index (χ0v) is 15.9. The number of halogens is 1. The molecule has 0 saturated carbocycles. The third-order valence-corrected chi connectivity index (χ3v) is 4.36. The van der Waals surface area contributed by atoms with E-state index < -0.39 is 0 Å². The number of amides is 1. The summed E-state index contributed by atoms with van der Waals surface area (Å²) < 4.78 is 1.52. The van der Waals surface area contributed by atoms with Crippen LogP contribution < -0.4 is 10.9 Å². The number of aromatic nitrogens is 2. The highest BCUT2D eigenvalue weighted by molar-refractivity contribution is 6.30. The van der Waals surface area contributed by atoms with E-state index in [0.717, 1.165) is 11.1 Å². The fourth-order valence-electron chi connectivity index (χ4n) is 2.72. The molecule has 3 aromatic rings. The van der Waals surface area contributed by atoms with Crippen molar-refractivity contribution in [2.24, 2.45) is 0 Å². The third-order valence-electron chi connectivity index (χ3n) is 4.12. The molecular formula is C21H20ClN3O2. The highest BCUT2D eigenvalue weighted by Gasteiger charge is 2.10. The average Bonchev–Trinajstić information content (AvgIpc) is 2.63. The van der Waals surface area contributed by atoms with Crippen molar-refractivity contribution in [2.75, 3.05) is 5.32 Å². The second-order valence-corrected chi connectivity index (χ2v) is 7.01. The van der Waals surface area contributed by atoms with Crippen molar-refractivity contribution < 1.29 is 4.79 Å². The first-order chi connectivity index (χ1) is 12.9. The van der Waals surface area contributed by atoms with Crippen LogP contribution in [-0.2, 0) is 6.42 Å². The van der Waals surface area contributed by atoms with E-state index in [-0.39, 0.29) is 17.5 Å². The van der Waals surface area contributed by atoms with Crippen LogP contribution in [0.3, 0.4) is 0 Å². The number of hydrogen-bond donors (Lipinski definition) is 1. The molecule has 138 valence electrons. The van der Waals surface area contributed by atoms with Gasteiger partial charge >= 0.3 is 0 Å². The van der Waals surface area contributed by atoms with Crippen LogP contribution in [-0.4, -0.2) is 15.5 Å². The molecule has 0 saturated heterocycles. The van der Waals surface area contributed by atoms with Crippen molar-refractivity contribution in [2.45, 2.75) is 26.3 Å². The molecule has 1 N–H and O–H groups in total. The molecular weight excluding hydrogens is 362 g/mol. The Morgan fingerprint density at radius 1 is 1.15 bits per heavy atom. The molecule has 0 aliphatic carbocycles. The van der Waals surface area contributed by atoms with Crippen molar-refractivity contribution in [3.63, 3.8) is 0 Å². The van der Waals surface area contributed by atoms with Crippen molar-refractivity contribution in [1.29, 1.82) is 0 Å². The number of carbonyl (C=O) groups is 1. The van der Waals surface area contributed by atoms with Gasteiger partial charge in [0.15, 0.2) is 0 Å². The van der Waals surface area contributed by atoms with Crippen LogP contribution in [0, 0.1) is 0 Å². The minimum atomic E-state index is -0.306. The Morgan fingerprint density at radius 2 is 1.96 bits per heavy atom. The highest BCUT2D eigenvalue weighted by atomic mass is 35.5. The largest absolute Gasteiger partial charge is 0.312 e. The van der Waals surface area contributed by atoms with Gasteiger partial charge in [-0.2, -0.15) is 0 Å². The lowest BCUT2D eigenvalue weighted by atomic mass is 10.1. The molecule has 0 fully saturated rings. The van der Waals surface area contributed by atoms with Crippen molar-refractivity contribution in [1.82, 2.24) is 9.55 Å². The van der Waals surface area contributed by atoms with Gasteiger partial charge in [0.05, 0.1) is 5.56 Å². The van der Waals surface area contributed by atoms with Crippen molar-refractivity contribution in [3.8, 4) is 0 Å². The fourth-order valence-corrected chi connectivity index (χ4v) is 2.93. The van der Waals surface area contributed by atoms with Gasteiger partial charge in [0.1, 0.15) is 5.82 Å². The summed E-state index contributed by atoms with van der Waals surface area (Å²) in [7, 11) is 0. The van der Waals surface area contributed by atoms with E-state index in [1.54, 1.807) is 18.5 Å². The summed E-state index contributed by atoms with van der Waals surface area (Å²) in [6.07, 6.45) is 4.00. The van der Waals surface area contributed by atoms with Crippen LogP contribution in [0.4, 0.5) is 5.82 Å². The van der Waals surface area contributed by atoms with Gasteiger partial charge in [0.2, 0.25) is 0 Å². The second-order valence-electron chi connectivity index (χ2n) is 6.57. The number of benzene rings is 1. The van der Waals surface area contributed by atoms with Crippen LogP contribution in [0.15, 0.2) is 65.7 Å². The topological polar surface area (TPSA) is 64.0 Å². The van der Waals surface area contributed by atoms with E-state index in [9.17, 15) is 9.59 Å². The molecule has 0 atom stereocenters. The van der Waals surface area contributed by atoms with Gasteiger partial charge in [0.25, 0.3) is 11.5 Å². The summed E-state index contributed by atoms with van der Waals surface area (Å²) in [5.74, 6) is 0.150. The number of pyridine rings is 2. The number of hydrogen-bond acceptors (Lipinski definition) is 3. The molecule has 0 spiro atoms. The van der Waals surface area contributed by atoms with Crippen LogP contribution in [0.1, 0.15) is 41.4 Å². The van der Waals surface area contributed by atoms with Crippen LogP contribution >= 0.6 is 11.6 Å². The Hall–Kier alpha value is -2.92. The first-order valence-electron chi connectivity index (χ1n) is 8.65. The number of anilines is 1. The van der Waals surface area contributed by atoms with Crippen molar-refractivity contribution >= 4 is 23.3 Å². The lowest BCUT2D eigenvalue weighted by molar-refractivity contribution is 0.102. The molecule has 0 unspecified atom stereocenters. The van der Waals surface area contributed by atoms with Gasteiger partial charge in [0, 0.05) is 29.5 Å². The zero-order chi connectivity index (χ0) is 19.4. The van der Waals surface area contributed by atoms with Crippen LogP contribution in [0.2, 0.25) is 5.02 Å². The Kier molecular flexibility index (Phi) is 5.72. The second kappa shape index (κ2) is 8.18. The lowest BCUT2D eigenvalue weighted by Gasteiger charge is -2.11. The van der Waals surface area contributed by atoms with E-state index in [2.05, 4.69) is 10.3 Å². The number of rotatable bonds is 5. The predicted octanol–water partition coefficient (Wildman–Crippen LogP) is 4.32. The summed E-state index contributed by atoms with van der Waals surface area (Å²) in [4.78, 5) is 28.5. The Morgan fingerprint density at radius 3 is 2.63 bits per heavy atom. The third kappa shape index (κ3) is 4.83. The molecule has 5 nitrogen and oxygen atoms in total. The van der Waals surface area contributed by atoms with E-state index in [0.29, 0.717) is 22.8 Å². The summed E-state index contributed by atoms with van der Waals surface area (Å²) in [5.41, 5.74) is 2.39. The van der Waals surface area contributed by atoms with E-state index in [4.69, 9.17) is 11.6 Å². The lowest BCUT2D eigenvalue weighted by Crippen LogP contribution is -2.23. The molecule has 2 heterocycles. The van der Waals surface area contributed by atoms with Gasteiger partial charge < -0.3 is 9.88 Å². The quantitative estimate of drug-likeness (QED) is 0.715. The number of nitrogens with zero attached hydrogens (tertiary/aromatic N) is 2. The highest BCUT2D eigenvalue weighted by Crippen LogP contribution is 2.15. The molecule has 3 rings (SSSR count). The summed E-state index contributed by atoms with van der Waals surface area (Å²) in [6.45, 7) is 3.78. The summed E-state index contributed by atoms with van der Waals surface area (Å²) >= 11 is 6.01. The predicted molar refractivity (Wildman–Crippen MR) is 108 cm³/mol. The minimum Gasteiger partial charge on any atom is -0.312 e. The summed E-state index contributed by atoms with van der Waals surface area (Å²) in [5, 5.41) is 3.46. The first-order valence-corrected chi connectivity index (χ1v) is 9.03. The van der Waals surface area contributed by atoms with Gasteiger partial charge in [-0.1, -0.05) is 29.8 Å². The van der Waals surface area contributed by atoms with Gasteiger partial charge in [-0.05, 0) is 55.7 Å². The van der Waals surface area contributed by atoms with E-state index in [1.165, 1.54) is 16.7 Å². The molecule has 1 amide bonds. The fraction of sp³-hybridized carbons (Fsp3) is 0.190. The molecule has 1 aromatic carbocycles. The van der Waals surface area contributed by atoms with E-state index >= 15 is 0 Å². The summed E-state index contributed by atoms with van der Waals surface area (Å²) in [6, 6.07) is 14.2. The van der Waals surface area contributed by atoms with Gasteiger partial charge in [-0.15, -0.1) is 0 Å². The smallest absolute Gasteiger partial charge is 0.258 e. The minimum absolute atomic E-state index is 0.0193. The maximum Gasteiger partial charge on any atom is 0.258 e. The van der Waals surface area contributed by atoms with E-state index in [1.807, 2.05) is 44.2 Å². The monoisotopic (exact) mass is 381 g/mol. The normalized spacial score (nSPS) is 10.8. The Labute approximate surface area is 162 Å². The number of carbonyl (C=O) groups excluding carboxylic acids is 1. The van der Waals surface area contributed by atoms with Crippen molar-refractivity contribution in [3.05, 3.63) is 93.0 Å². The average molecular weight is 382 g/mol. The maximum absolute atomic E-state index is 12.4. The molecule has 0 bridgehead atoms. The molecule has 0 aliphatic heterocycles. The molecule has 0 aliphatic rings. The van der Waals surface area contributed by atoms with Gasteiger partial charge in [-0.3, -0.25) is 9.59 Å². The molecule has 0 radical (unpaired) electrons. The molecule has 6 heteroatoms. The Bertz CT molecular complexity index is 1010. The maximum atomic E-state index is 12.4. The zero-order valence-electron chi connectivity index (χ0n) is 15.1.